The van der Waals surface area contributed by atoms with Gasteiger partial charge in [0.25, 0.3) is 0 Å². The SMILES string of the molecule is CC(C)(C)OC(=O)C[C@@H]1C/C=C\C[C@H](CC(=O)N[C@@H](CO)Cc2ccccc2)C(=O)N[C@H](Cc2ccccc2)COC1=O. The summed E-state index contributed by atoms with van der Waals surface area (Å²) in [5, 5.41) is 15.7. The summed E-state index contributed by atoms with van der Waals surface area (Å²) < 4.78 is 11.1. The number of carbonyl (C=O) groups is 4. The van der Waals surface area contributed by atoms with E-state index >= 15 is 0 Å². The number of hydrogen-bond donors (Lipinski definition) is 3. The Morgan fingerprint density at radius 3 is 2.16 bits per heavy atom. The maximum Gasteiger partial charge on any atom is 0.309 e. The number of carbonyl (C=O) groups excluding carboxylic acids is 4. The van der Waals surface area contributed by atoms with E-state index in [-0.39, 0.29) is 50.7 Å². The lowest BCUT2D eigenvalue weighted by atomic mass is 9.95. The molecule has 1 aliphatic rings. The predicted molar refractivity (Wildman–Crippen MR) is 163 cm³/mol. The largest absolute Gasteiger partial charge is 0.463 e. The summed E-state index contributed by atoms with van der Waals surface area (Å²) in [4.78, 5) is 52.1. The third kappa shape index (κ3) is 12.4. The van der Waals surface area contributed by atoms with Crippen molar-refractivity contribution in [1.29, 1.82) is 0 Å². The first-order valence-corrected chi connectivity index (χ1v) is 14.8. The van der Waals surface area contributed by atoms with Crippen LogP contribution in [0.1, 0.15) is 57.6 Å². The van der Waals surface area contributed by atoms with E-state index in [0.29, 0.717) is 12.8 Å². The summed E-state index contributed by atoms with van der Waals surface area (Å²) in [6.45, 7) is 4.97. The van der Waals surface area contributed by atoms with E-state index in [1.165, 1.54) is 0 Å². The minimum Gasteiger partial charge on any atom is -0.463 e. The number of esters is 2. The Morgan fingerprint density at radius 1 is 0.953 bits per heavy atom. The van der Waals surface area contributed by atoms with Gasteiger partial charge in [-0.3, -0.25) is 19.2 Å². The zero-order valence-electron chi connectivity index (χ0n) is 25.3. The second-order valence-corrected chi connectivity index (χ2v) is 12.0. The highest BCUT2D eigenvalue weighted by Gasteiger charge is 2.29. The number of nitrogens with one attached hydrogen (secondary N) is 2. The molecular weight excluding hydrogens is 548 g/mol. The Hall–Kier alpha value is -3.98. The van der Waals surface area contributed by atoms with Crippen LogP contribution in [-0.4, -0.2) is 59.8 Å². The molecule has 0 unspecified atom stereocenters. The zero-order valence-corrected chi connectivity index (χ0v) is 25.3. The molecule has 3 N–H and O–H groups in total. The number of ether oxygens (including phenoxy) is 2. The maximum absolute atomic E-state index is 13.5. The van der Waals surface area contributed by atoms with E-state index in [4.69, 9.17) is 9.47 Å². The average Bonchev–Trinajstić information content (AvgIpc) is 2.95. The second kappa shape index (κ2) is 16.6. The van der Waals surface area contributed by atoms with Crippen molar-refractivity contribution in [3.8, 4) is 0 Å². The molecule has 0 fully saturated rings. The summed E-state index contributed by atoms with van der Waals surface area (Å²) in [6, 6.07) is 18.0. The van der Waals surface area contributed by atoms with Gasteiger partial charge in [0.15, 0.2) is 0 Å². The van der Waals surface area contributed by atoms with Crippen LogP contribution < -0.4 is 10.6 Å². The molecule has 1 heterocycles. The van der Waals surface area contributed by atoms with E-state index < -0.39 is 41.5 Å². The van der Waals surface area contributed by atoms with Gasteiger partial charge in [-0.05, 0) is 57.6 Å². The highest BCUT2D eigenvalue weighted by atomic mass is 16.6. The van der Waals surface area contributed by atoms with E-state index in [9.17, 15) is 24.3 Å². The van der Waals surface area contributed by atoms with Gasteiger partial charge in [-0.15, -0.1) is 0 Å². The van der Waals surface area contributed by atoms with Crippen molar-refractivity contribution in [3.63, 3.8) is 0 Å². The highest BCUT2D eigenvalue weighted by molar-refractivity contribution is 5.86. The molecule has 2 aromatic rings. The molecular formula is C34H44N2O7. The fourth-order valence-electron chi connectivity index (χ4n) is 4.89. The van der Waals surface area contributed by atoms with Crippen molar-refractivity contribution in [2.24, 2.45) is 11.8 Å². The molecule has 9 heteroatoms. The third-order valence-electron chi connectivity index (χ3n) is 6.99. The Morgan fingerprint density at radius 2 is 1.56 bits per heavy atom. The quantitative estimate of drug-likeness (QED) is 0.283. The van der Waals surface area contributed by atoms with Crippen LogP contribution in [0.4, 0.5) is 0 Å². The fourth-order valence-corrected chi connectivity index (χ4v) is 4.89. The standard InChI is InChI=1S/C34H44N2O7/c1-34(2,3)43-31(39)21-27-17-11-10-16-26(20-30(38)35-28(22-37)18-24-12-6-4-7-13-24)32(40)36-29(23-42-33(27)41)19-25-14-8-5-9-15-25/h4-15,26-29,37H,16-23H2,1-3H3,(H,35,38)(H,36,40)/b11-10-/t26-,27+,28-,29-/m1/s1. The number of allylic oxidation sites excluding steroid dienone is 2. The molecule has 9 nitrogen and oxygen atoms in total. The van der Waals surface area contributed by atoms with Crippen LogP contribution in [-0.2, 0) is 41.5 Å². The van der Waals surface area contributed by atoms with Gasteiger partial charge in [-0.2, -0.15) is 0 Å². The number of cyclic esters (lactones) is 1. The van der Waals surface area contributed by atoms with Crippen LogP contribution in [0.2, 0.25) is 0 Å². The highest BCUT2D eigenvalue weighted by Crippen LogP contribution is 2.20. The topological polar surface area (TPSA) is 131 Å². The van der Waals surface area contributed by atoms with E-state index in [1.807, 2.05) is 60.7 Å². The molecule has 2 amide bonds. The van der Waals surface area contributed by atoms with Crippen LogP contribution in [0.3, 0.4) is 0 Å². The Kier molecular flexibility index (Phi) is 12.9. The van der Waals surface area contributed by atoms with Crippen LogP contribution in [0.25, 0.3) is 0 Å². The summed E-state index contributed by atoms with van der Waals surface area (Å²) in [6.07, 6.45) is 4.64. The minimum atomic E-state index is -0.747. The lowest BCUT2D eigenvalue weighted by Crippen LogP contribution is -2.46. The molecule has 0 aromatic heterocycles. The monoisotopic (exact) mass is 592 g/mol. The molecule has 0 aliphatic carbocycles. The number of rotatable bonds is 10. The van der Waals surface area contributed by atoms with Crippen LogP contribution in [0.15, 0.2) is 72.8 Å². The number of benzene rings is 2. The van der Waals surface area contributed by atoms with Gasteiger partial charge in [0.2, 0.25) is 11.8 Å². The van der Waals surface area contributed by atoms with Crippen LogP contribution in [0, 0.1) is 11.8 Å². The zero-order chi connectivity index (χ0) is 31.2. The van der Waals surface area contributed by atoms with Gasteiger partial charge in [0.05, 0.1) is 36.9 Å². The van der Waals surface area contributed by atoms with Crippen LogP contribution in [0.5, 0.6) is 0 Å². The van der Waals surface area contributed by atoms with Crippen molar-refractivity contribution in [3.05, 3.63) is 83.9 Å². The van der Waals surface area contributed by atoms with Crippen molar-refractivity contribution >= 4 is 23.8 Å². The van der Waals surface area contributed by atoms with E-state index in [0.717, 1.165) is 11.1 Å². The molecule has 0 radical (unpaired) electrons. The smallest absolute Gasteiger partial charge is 0.309 e. The normalized spacial score (nSPS) is 21.3. The van der Waals surface area contributed by atoms with Crippen molar-refractivity contribution in [1.82, 2.24) is 10.6 Å². The van der Waals surface area contributed by atoms with Crippen LogP contribution >= 0.6 is 0 Å². The first kappa shape index (κ1) is 33.5. The predicted octanol–water partition coefficient (Wildman–Crippen LogP) is 3.68. The Balaban J connectivity index is 1.75. The molecule has 4 atom stereocenters. The lowest BCUT2D eigenvalue weighted by molar-refractivity contribution is -0.161. The molecule has 0 bridgehead atoms. The maximum atomic E-state index is 13.5. The molecule has 0 saturated heterocycles. The summed E-state index contributed by atoms with van der Waals surface area (Å²) in [5.41, 5.74) is 1.24. The molecule has 0 spiro atoms. The van der Waals surface area contributed by atoms with Gasteiger partial charge in [0, 0.05) is 6.42 Å². The average molecular weight is 593 g/mol. The summed E-state index contributed by atoms with van der Waals surface area (Å²) >= 11 is 0. The van der Waals surface area contributed by atoms with Crippen molar-refractivity contribution in [2.45, 2.75) is 77.0 Å². The van der Waals surface area contributed by atoms with Gasteiger partial charge in [-0.25, -0.2) is 0 Å². The molecule has 2 aromatic carbocycles. The molecule has 232 valence electrons. The fraction of sp³-hybridized carbons (Fsp3) is 0.471. The summed E-state index contributed by atoms with van der Waals surface area (Å²) in [7, 11) is 0. The molecule has 0 saturated carbocycles. The van der Waals surface area contributed by atoms with Gasteiger partial charge in [0.1, 0.15) is 12.2 Å². The van der Waals surface area contributed by atoms with Gasteiger partial charge < -0.3 is 25.2 Å². The van der Waals surface area contributed by atoms with Crippen molar-refractivity contribution < 1.29 is 33.8 Å². The van der Waals surface area contributed by atoms with E-state index in [2.05, 4.69) is 10.6 Å². The number of amides is 2. The second-order valence-electron chi connectivity index (χ2n) is 12.0. The number of aliphatic hydroxyl groups excluding tert-OH is 1. The number of aliphatic hydroxyl groups is 1. The first-order valence-electron chi connectivity index (χ1n) is 14.8. The molecule has 1 aliphatic heterocycles. The summed E-state index contributed by atoms with van der Waals surface area (Å²) in [5.74, 6) is -3.13. The lowest BCUT2D eigenvalue weighted by Gasteiger charge is -2.25. The van der Waals surface area contributed by atoms with Crippen molar-refractivity contribution in [2.75, 3.05) is 13.2 Å². The third-order valence-corrected chi connectivity index (χ3v) is 6.99. The number of hydrogen-bond acceptors (Lipinski definition) is 7. The first-order chi connectivity index (χ1) is 20.5. The van der Waals surface area contributed by atoms with Gasteiger partial charge >= 0.3 is 11.9 Å². The van der Waals surface area contributed by atoms with E-state index in [1.54, 1.807) is 32.9 Å². The minimum absolute atomic E-state index is 0.0827. The van der Waals surface area contributed by atoms with Gasteiger partial charge in [-0.1, -0.05) is 72.8 Å². The molecule has 43 heavy (non-hydrogen) atoms. The Bertz CT molecular complexity index is 1220. The molecule has 3 rings (SSSR count). The Labute approximate surface area is 254 Å².